The van der Waals surface area contributed by atoms with Crippen molar-refractivity contribution >= 4 is 33.5 Å². The summed E-state index contributed by atoms with van der Waals surface area (Å²) in [5.41, 5.74) is 8.73. The summed E-state index contributed by atoms with van der Waals surface area (Å²) in [6.07, 6.45) is 13.6. The number of aromatic amines is 2. The molecule has 39 heavy (non-hydrogen) atoms. The molecule has 1 amide bonds. The maximum absolute atomic E-state index is 12.7. The zero-order chi connectivity index (χ0) is 26.3. The first kappa shape index (κ1) is 23.3. The number of hydrogen-bond donors (Lipinski definition) is 3. The summed E-state index contributed by atoms with van der Waals surface area (Å²) < 4.78 is 5.27. The summed E-state index contributed by atoms with van der Waals surface area (Å²) in [6.45, 7) is 2.12. The molecule has 9 heteroatoms. The molecule has 0 aliphatic heterocycles. The molecule has 0 unspecified atom stereocenters. The zero-order valence-corrected chi connectivity index (χ0v) is 21.5. The molecule has 1 aromatic carbocycles. The zero-order valence-electron chi connectivity index (χ0n) is 21.5. The molecule has 1 saturated carbocycles. The second-order valence-corrected chi connectivity index (χ2v) is 10.1. The highest BCUT2D eigenvalue weighted by atomic mass is 16.3. The van der Waals surface area contributed by atoms with Crippen LogP contribution in [0, 0.1) is 5.92 Å². The van der Waals surface area contributed by atoms with Crippen LogP contribution in [-0.4, -0.2) is 36.0 Å². The number of imidazole rings is 1. The van der Waals surface area contributed by atoms with Gasteiger partial charge in [0, 0.05) is 34.8 Å². The Kier molecular flexibility index (Phi) is 5.69. The van der Waals surface area contributed by atoms with Crippen molar-refractivity contribution in [1.29, 1.82) is 0 Å². The lowest BCUT2D eigenvalue weighted by Gasteiger charge is -2.12. The lowest BCUT2D eigenvalue weighted by Crippen LogP contribution is -2.20. The maximum atomic E-state index is 12.7. The number of furan rings is 1. The molecule has 1 aliphatic carbocycles. The number of amides is 1. The summed E-state index contributed by atoms with van der Waals surface area (Å²) in [6, 6.07) is 10.0. The number of aryl methyl sites for hydroxylation is 1. The monoisotopic (exact) mass is 517 g/mol. The van der Waals surface area contributed by atoms with Gasteiger partial charge in [-0.25, -0.2) is 4.98 Å². The summed E-state index contributed by atoms with van der Waals surface area (Å²) >= 11 is 0. The largest absolute Gasteiger partial charge is 0.472 e. The highest BCUT2D eigenvalue weighted by molar-refractivity contribution is 5.99. The van der Waals surface area contributed by atoms with Gasteiger partial charge in [0.2, 0.25) is 5.91 Å². The van der Waals surface area contributed by atoms with Crippen molar-refractivity contribution < 1.29 is 9.21 Å². The van der Waals surface area contributed by atoms with Gasteiger partial charge in [0.05, 0.1) is 35.4 Å². The number of fused-ring (bicyclic) bond motifs is 2. The molecule has 0 saturated heterocycles. The van der Waals surface area contributed by atoms with Crippen LogP contribution in [0.1, 0.15) is 38.2 Å². The van der Waals surface area contributed by atoms with Gasteiger partial charge >= 0.3 is 0 Å². The molecule has 3 N–H and O–H groups in total. The Labute approximate surface area is 224 Å². The fraction of sp³-hybridized carbons (Fsp3) is 0.233. The highest BCUT2D eigenvalue weighted by Crippen LogP contribution is 2.35. The normalized spacial score (nSPS) is 14.0. The summed E-state index contributed by atoms with van der Waals surface area (Å²) in [5.74, 6) is 0.862. The van der Waals surface area contributed by atoms with Crippen LogP contribution in [0.2, 0.25) is 0 Å². The number of nitrogens with one attached hydrogen (secondary N) is 3. The highest BCUT2D eigenvalue weighted by Gasteiger charge is 2.23. The third-order valence-electron chi connectivity index (χ3n) is 7.62. The number of rotatable bonds is 6. The average Bonchev–Trinajstić information content (AvgIpc) is 3.78. The molecule has 0 atom stereocenters. The van der Waals surface area contributed by atoms with Crippen molar-refractivity contribution in [2.45, 2.75) is 39.0 Å². The Bertz CT molecular complexity index is 1810. The molecule has 1 aliphatic rings. The minimum Gasteiger partial charge on any atom is -0.472 e. The first-order valence-electron chi connectivity index (χ1n) is 13.3. The number of benzene rings is 1. The predicted octanol–water partition coefficient (Wildman–Crippen LogP) is 6.51. The van der Waals surface area contributed by atoms with E-state index in [4.69, 9.17) is 9.40 Å². The molecule has 6 aromatic rings. The third kappa shape index (κ3) is 4.16. The van der Waals surface area contributed by atoms with Crippen LogP contribution in [0.4, 0.5) is 5.69 Å². The smallest absolute Gasteiger partial charge is 0.227 e. The second-order valence-electron chi connectivity index (χ2n) is 10.1. The Hall–Kier alpha value is -4.79. The number of pyridine rings is 2. The number of aromatic nitrogens is 6. The fourth-order valence-electron chi connectivity index (χ4n) is 5.57. The number of hydrogen-bond acceptors (Lipinski definition) is 6. The Morgan fingerprint density at radius 2 is 1.97 bits per heavy atom. The molecule has 5 heterocycles. The van der Waals surface area contributed by atoms with E-state index < -0.39 is 0 Å². The van der Waals surface area contributed by atoms with Crippen molar-refractivity contribution in [3.8, 4) is 33.9 Å². The van der Waals surface area contributed by atoms with Gasteiger partial charge in [0.25, 0.3) is 0 Å². The molecule has 7 rings (SSSR count). The average molecular weight is 518 g/mol. The van der Waals surface area contributed by atoms with Gasteiger partial charge in [0.1, 0.15) is 16.9 Å². The Balaban J connectivity index is 1.29. The Morgan fingerprint density at radius 1 is 1.08 bits per heavy atom. The van der Waals surface area contributed by atoms with Gasteiger partial charge in [-0.1, -0.05) is 19.8 Å². The SMILES string of the molecule is CCc1cc(-c2cncc(NC(=O)C3CCCC3)c2)cc2c(-c3nc4c(-c5ccoc5)nccc4[nH]3)[nH]nc12. The van der Waals surface area contributed by atoms with Gasteiger partial charge in [-0.05, 0) is 60.7 Å². The number of carbonyl (C=O) groups is 1. The predicted molar refractivity (Wildman–Crippen MR) is 150 cm³/mol. The summed E-state index contributed by atoms with van der Waals surface area (Å²) in [7, 11) is 0. The summed E-state index contributed by atoms with van der Waals surface area (Å²) in [5, 5.41) is 11.9. The van der Waals surface area contributed by atoms with E-state index in [0.717, 1.165) is 87.7 Å². The van der Waals surface area contributed by atoms with Crippen molar-refractivity contribution in [3.63, 3.8) is 0 Å². The lowest BCUT2D eigenvalue weighted by molar-refractivity contribution is -0.119. The topological polar surface area (TPSA) is 125 Å². The number of carbonyl (C=O) groups excluding carboxylic acids is 1. The van der Waals surface area contributed by atoms with Gasteiger partial charge in [-0.15, -0.1) is 0 Å². The minimum atomic E-state index is 0.0856. The van der Waals surface area contributed by atoms with Gasteiger partial charge in [0.15, 0.2) is 5.82 Å². The van der Waals surface area contributed by atoms with Crippen LogP contribution in [0.25, 0.3) is 55.8 Å². The van der Waals surface area contributed by atoms with Crippen LogP contribution in [-0.2, 0) is 11.2 Å². The number of nitrogens with zero attached hydrogens (tertiary/aromatic N) is 4. The number of H-pyrrole nitrogens is 2. The van der Waals surface area contributed by atoms with Crippen LogP contribution < -0.4 is 5.32 Å². The van der Waals surface area contributed by atoms with E-state index in [1.807, 2.05) is 24.4 Å². The quantitative estimate of drug-likeness (QED) is 0.231. The molecular weight excluding hydrogens is 490 g/mol. The van der Waals surface area contributed by atoms with Crippen molar-refractivity contribution in [2.24, 2.45) is 5.92 Å². The molecule has 5 aromatic heterocycles. The van der Waals surface area contributed by atoms with Crippen LogP contribution in [0.15, 0.2) is 65.9 Å². The van der Waals surface area contributed by atoms with E-state index >= 15 is 0 Å². The second kappa shape index (κ2) is 9.50. The van der Waals surface area contributed by atoms with E-state index in [2.05, 4.69) is 49.5 Å². The van der Waals surface area contributed by atoms with E-state index in [1.54, 1.807) is 24.9 Å². The molecule has 194 valence electrons. The van der Waals surface area contributed by atoms with E-state index in [0.29, 0.717) is 11.5 Å². The lowest BCUT2D eigenvalue weighted by atomic mass is 9.99. The van der Waals surface area contributed by atoms with Gasteiger partial charge in [-0.3, -0.25) is 19.9 Å². The van der Waals surface area contributed by atoms with Crippen molar-refractivity contribution in [2.75, 3.05) is 5.32 Å². The standard InChI is InChI=1S/C30H27N7O2/c1-2-17-11-20(21-12-22(15-31-14-21)33-30(38)18-5-3-4-6-18)13-23-25(17)36-37-27(23)29-34-24-7-9-32-26(28(24)35-29)19-8-10-39-16-19/h7-16,18H,2-6H2,1H3,(H,33,38)(H,34,35)(H,36,37). The van der Waals surface area contributed by atoms with Crippen molar-refractivity contribution in [3.05, 3.63) is 67.0 Å². The molecule has 9 nitrogen and oxygen atoms in total. The molecule has 1 fully saturated rings. The van der Waals surface area contributed by atoms with Gasteiger partial charge < -0.3 is 14.7 Å². The number of anilines is 1. The molecule has 0 spiro atoms. The maximum Gasteiger partial charge on any atom is 0.227 e. The summed E-state index contributed by atoms with van der Waals surface area (Å²) in [4.78, 5) is 30.0. The van der Waals surface area contributed by atoms with E-state index in [-0.39, 0.29) is 11.8 Å². The van der Waals surface area contributed by atoms with Gasteiger partial charge in [-0.2, -0.15) is 5.10 Å². The van der Waals surface area contributed by atoms with Crippen LogP contribution in [0.5, 0.6) is 0 Å². The first-order valence-corrected chi connectivity index (χ1v) is 13.3. The van der Waals surface area contributed by atoms with E-state index in [1.165, 1.54) is 0 Å². The first-order chi connectivity index (χ1) is 19.2. The molecule has 0 radical (unpaired) electrons. The Morgan fingerprint density at radius 3 is 2.79 bits per heavy atom. The van der Waals surface area contributed by atoms with Crippen LogP contribution in [0.3, 0.4) is 0 Å². The third-order valence-corrected chi connectivity index (χ3v) is 7.62. The minimum absolute atomic E-state index is 0.0856. The van der Waals surface area contributed by atoms with Crippen LogP contribution >= 0.6 is 0 Å². The van der Waals surface area contributed by atoms with E-state index in [9.17, 15) is 4.79 Å². The van der Waals surface area contributed by atoms with Crippen molar-refractivity contribution in [1.82, 2.24) is 30.1 Å². The fourth-order valence-corrected chi connectivity index (χ4v) is 5.57. The molecular formula is C30H27N7O2. The molecule has 0 bridgehead atoms.